The van der Waals surface area contributed by atoms with Gasteiger partial charge in [0.05, 0.1) is 0 Å². The zero-order chi connectivity index (χ0) is 22.4. The van der Waals surface area contributed by atoms with Gasteiger partial charge in [0.25, 0.3) is 0 Å². The molecule has 0 bridgehead atoms. The molecule has 2 aromatic carbocycles. The molecule has 7 heteroatoms. The largest absolute Gasteiger partial charge is 0.477 e. The molecule has 3 aromatic rings. The fourth-order valence-corrected chi connectivity index (χ4v) is 3.55. The predicted molar refractivity (Wildman–Crippen MR) is 111 cm³/mol. The van der Waals surface area contributed by atoms with Crippen molar-refractivity contribution in [1.29, 1.82) is 0 Å². The molecule has 4 rings (SSSR count). The van der Waals surface area contributed by atoms with Crippen LogP contribution >= 0.6 is 0 Å². The van der Waals surface area contributed by atoms with Gasteiger partial charge in [0.2, 0.25) is 0 Å². The topological polar surface area (TPSA) is 25.4 Å². The Balaban J connectivity index is 1.84. The van der Waals surface area contributed by atoms with Gasteiger partial charge in [-0.25, -0.2) is 4.39 Å². The number of pyridine rings is 1. The van der Waals surface area contributed by atoms with Gasteiger partial charge in [0.15, 0.2) is 0 Å². The maximum absolute atomic E-state index is 13.4. The Morgan fingerprint density at radius 3 is 2.16 bits per heavy atom. The minimum absolute atomic E-state index is 0.125. The van der Waals surface area contributed by atoms with Crippen LogP contribution in [-0.2, 0) is 12.7 Å². The third-order valence-corrected chi connectivity index (χ3v) is 5.38. The summed E-state index contributed by atoms with van der Waals surface area (Å²) in [6, 6.07) is 12.3. The highest BCUT2D eigenvalue weighted by Gasteiger charge is 2.33. The Kier molecular flexibility index (Phi) is 5.25. The Bertz CT molecular complexity index is 1080. The molecule has 31 heavy (non-hydrogen) atoms. The highest BCUT2D eigenvalue weighted by Crippen LogP contribution is 2.41. The number of alkyl halides is 3. The van der Waals surface area contributed by atoms with E-state index in [0.717, 1.165) is 22.8 Å². The standard InChI is InChI=1S/C24H22F4N2O/c1-23(2,3)30-13-18-10-17(15-4-7-19(25)8-5-15)11-20(22(18)31-14-30)16-6-9-21(29-12-16)24(26,27)28/h4-12H,13-14H2,1-3H3. The fraction of sp³-hybridized carbons (Fsp3) is 0.292. The quantitative estimate of drug-likeness (QED) is 0.433. The van der Waals surface area contributed by atoms with Crippen LogP contribution in [0.4, 0.5) is 17.6 Å². The smallest absolute Gasteiger partial charge is 0.433 e. The maximum atomic E-state index is 13.4. The van der Waals surface area contributed by atoms with E-state index in [-0.39, 0.29) is 11.4 Å². The van der Waals surface area contributed by atoms with Gasteiger partial charge in [-0.1, -0.05) is 18.2 Å². The van der Waals surface area contributed by atoms with Crippen LogP contribution in [0.2, 0.25) is 0 Å². The number of halogens is 4. The fourth-order valence-electron chi connectivity index (χ4n) is 3.55. The molecule has 0 amide bonds. The molecule has 1 aliphatic rings. The summed E-state index contributed by atoms with van der Waals surface area (Å²) in [5.41, 5.74) is 2.66. The summed E-state index contributed by atoms with van der Waals surface area (Å²) in [5, 5.41) is 0. The van der Waals surface area contributed by atoms with E-state index in [1.54, 1.807) is 12.1 Å². The molecule has 3 nitrogen and oxygen atoms in total. The van der Waals surface area contributed by atoms with Gasteiger partial charge in [0.1, 0.15) is 24.0 Å². The molecule has 0 radical (unpaired) electrons. The number of ether oxygens (including phenoxy) is 1. The number of rotatable bonds is 2. The third-order valence-electron chi connectivity index (χ3n) is 5.38. The monoisotopic (exact) mass is 430 g/mol. The zero-order valence-corrected chi connectivity index (χ0v) is 17.4. The summed E-state index contributed by atoms with van der Waals surface area (Å²) < 4.78 is 58.3. The van der Waals surface area contributed by atoms with Crippen molar-refractivity contribution in [2.45, 2.75) is 39.0 Å². The average molecular weight is 430 g/mol. The lowest BCUT2D eigenvalue weighted by atomic mass is 9.93. The molecular formula is C24H22F4N2O. The van der Waals surface area contributed by atoms with Crippen molar-refractivity contribution in [3.63, 3.8) is 0 Å². The first-order valence-corrected chi connectivity index (χ1v) is 9.87. The minimum atomic E-state index is -4.50. The van der Waals surface area contributed by atoms with Crippen LogP contribution in [-0.4, -0.2) is 22.2 Å². The Hall–Kier alpha value is -2.93. The second-order valence-corrected chi connectivity index (χ2v) is 8.59. The molecule has 2 heterocycles. The molecule has 162 valence electrons. The van der Waals surface area contributed by atoms with Gasteiger partial charge in [0, 0.05) is 35.0 Å². The van der Waals surface area contributed by atoms with Gasteiger partial charge in [-0.2, -0.15) is 13.2 Å². The first-order chi connectivity index (χ1) is 14.5. The average Bonchev–Trinajstić information content (AvgIpc) is 2.72. The number of hydrogen-bond acceptors (Lipinski definition) is 3. The SMILES string of the molecule is CC(C)(C)N1COc2c(cc(-c3ccc(F)cc3)cc2-c2ccc(C(F)(F)F)nc2)C1. The number of aromatic nitrogens is 1. The summed E-state index contributed by atoms with van der Waals surface area (Å²) in [6.45, 7) is 7.26. The summed E-state index contributed by atoms with van der Waals surface area (Å²) in [4.78, 5) is 5.77. The lowest BCUT2D eigenvalue weighted by molar-refractivity contribution is -0.141. The van der Waals surface area contributed by atoms with E-state index in [4.69, 9.17) is 4.74 Å². The van der Waals surface area contributed by atoms with Crippen LogP contribution in [0.25, 0.3) is 22.3 Å². The molecule has 0 fully saturated rings. The predicted octanol–water partition coefficient (Wildman–Crippen LogP) is 6.52. The lowest BCUT2D eigenvalue weighted by Crippen LogP contribution is -2.45. The molecule has 0 N–H and O–H groups in total. The molecule has 1 aliphatic heterocycles. The van der Waals surface area contributed by atoms with E-state index in [2.05, 4.69) is 30.7 Å². The Morgan fingerprint density at radius 1 is 0.903 bits per heavy atom. The van der Waals surface area contributed by atoms with Gasteiger partial charge in [-0.05, 0) is 62.2 Å². The summed E-state index contributed by atoms with van der Waals surface area (Å²) in [7, 11) is 0. The van der Waals surface area contributed by atoms with Crippen LogP contribution in [0.1, 0.15) is 32.0 Å². The van der Waals surface area contributed by atoms with Crippen molar-refractivity contribution in [1.82, 2.24) is 9.88 Å². The normalized spacial score (nSPS) is 14.8. The van der Waals surface area contributed by atoms with Crippen LogP contribution < -0.4 is 4.74 Å². The van der Waals surface area contributed by atoms with Crippen molar-refractivity contribution in [3.8, 4) is 28.0 Å². The lowest BCUT2D eigenvalue weighted by Gasteiger charge is -2.39. The molecule has 0 aliphatic carbocycles. The zero-order valence-electron chi connectivity index (χ0n) is 17.4. The number of fused-ring (bicyclic) bond motifs is 1. The van der Waals surface area contributed by atoms with Gasteiger partial charge < -0.3 is 4.74 Å². The molecule has 0 saturated carbocycles. The second kappa shape index (κ2) is 7.64. The van der Waals surface area contributed by atoms with Crippen molar-refractivity contribution >= 4 is 0 Å². The van der Waals surface area contributed by atoms with Crippen molar-refractivity contribution in [2.24, 2.45) is 0 Å². The maximum Gasteiger partial charge on any atom is 0.433 e. The van der Waals surface area contributed by atoms with Crippen LogP contribution in [0, 0.1) is 5.82 Å². The first-order valence-electron chi connectivity index (χ1n) is 9.87. The van der Waals surface area contributed by atoms with Crippen molar-refractivity contribution in [3.05, 3.63) is 71.8 Å². The van der Waals surface area contributed by atoms with E-state index < -0.39 is 11.9 Å². The van der Waals surface area contributed by atoms with Crippen LogP contribution in [0.3, 0.4) is 0 Å². The molecule has 0 saturated heterocycles. The van der Waals surface area contributed by atoms with Crippen molar-refractivity contribution in [2.75, 3.05) is 6.73 Å². The van der Waals surface area contributed by atoms with Crippen LogP contribution in [0.15, 0.2) is 54.7 Å². The van der Waals surface area contributed by atoms with Gasteiger partial charge in [-0.15, -0.1) is 0 Å². The second-order valence-electron chi connectivity index (χ2n) is 8.59. The molecule has 0 spiro atoms. The van der Waals surface area contributed by atoms with Crippen LogP contribution in [0.5, 0.6) is 5.75 Å². The van der Waals surface area contributed by atoms with E-state index in [1.165, 1.54) is 24.4 Å². The van der Waals surface area contributed by atoms with E-state index in [9.17, 15) is 17.6 Å². The number of benzene rings is 2. The molecular weight excluding hydrogens is 408 g/mol. The van der Waals surface area contributed by atoms with E-state index >= 15 is 0 Å². The van der Waals surface area contributed by atoms with Gasteiger partial charge >= 0.3 is 6.18 Å². The number of hydrogen-bond donors (Lipinski definition) is 0. The molecule has 0 unspecified atom stereocenters. The minimum Gasteiger partial charge on any atom is -0.477 e. The Morgan fingerprint density at radius 2 is 1.58 bits per heavy atom. The Labute approximate surface area is 178 Å². The first kappa shape index (κ1) is 21.3. The molecule has 1 aromatic heterocycles. The highest BCUT2D eigenvalue weighted by atomic mass is 19.4. The summed E-state index contributed by atoms with van der Waals surface area (Å²) in [5.74, 6) is 0.295. The third kappa shape index (κ3) is 4.42. The number of nitrogens with zero attached hydrogens (tertiary/aromatic N) is 2. The van der Waals surface area contributed by atoms with Crippen molar-refractivity contribution < 1.29 is 22.3 Å². The molecule has 0 atom stereocenters. The van der Waals surface area contributed by atoms with E-state index in [0.29, 0.717) is 30.2 Å². The summed E-state index contributed by atoms with van der Waals surface area (Å²) in [6.07, 6.45) is -3.29. The van der Waals surface area contributed by atoms with E-state index in [1.807, 2.05) is 12.1 Å². The summed E-state index contributed by atoms with van der Waals surface area (Å²) >= 11 is 0. The highest BCUT2D eigenvalue weighted by molar-refractivity contribution is 5.79. The van der Waals surface area contributed by atoms with Gasteiger partial charge in [-0.3, -0.25) is 9.88 Å².